The average Bonchev–Trinajstić information content (AvgIpc) is 2.94. The van der Waals surface area contributed by atoms with E-state index in [1.165, 1.54) is 0 Å². The normalized spacial score (nSPS) is 30.9. The standard InChI is InChI=1S/C24H28ClNO3S/c1-16-10-12-18(13-11-16)30(28,29)26-19-14-23(2,3)15-24(4,25)21(19)20(22(26)27)17-8-6-5-7-9-17/h5-13,19-21H,14-15H2,1-4H3/t19-,20-,21+,24-/m1/s1. The second-order valence-electron chi connectivity index (χ2n) is 9.76. The first-order valence-electron chi connectivity index (χ1n) is 10.3. The van der Waals surface area contributed by atoms with Crippen molar-refractivity contribution in [3.05, 3.63) is 65.7 Å². The van der Waals surface area contributed by atoms with E-state index in [-0.39, 0.29) is 22.1 Å². The van der Waals surface area contributed by atoms with Gasteiger partial charge in [0.05, 0.1) is 16.9 Å². The van der Waals surface area contributed by atoms with E-state index in [4.69, 9.17) is 11.6 Å². The van der Waals surface area contributed by atoms with E-state index in [0.717, 1.165) is 21.9 Å². The molecule has 1 heterocycles. The molecule has 1 aliphatic heterocycles. The lowest BCUT2D eigenvalue weighted by Crippen LogP contribution is -2.52. The van der Waals surface area contributed by atoms with Crippen molar-refractivity contribution in [3.8, 4) is 0 Å². The fraction of sp³-hybridized carbons (Fsp3) is 0.458. The molecular weight excluding hydrogens is 418 g/mol. The summed E-state index contributed by atoms with van der Waals surface area (Å²) in [5, 5.41) is 0. The van der Waals surface area contributed by atoms with Crippen LogP contribution in [-0.4, -0.2) is 29.5 Å². The minimum absolute atomic E-state index is 0.147. The number of carbonyl (C=O) groups is 1. The average molecular weight is 446 g/mol. The van der Waals surface area contributed by atoms with Gasteiger partial charge in [-0.2, -0.15) is 0 Å². The predicted octanol–water partition coefficient (Wildman–Crippen LogP) is 5.11. The molecule has 0 aromatic heterocycles. The van der Waals surface area contributed by atoms with Crippen molar-refractivity contribution in [2.24, 2.45) is 11.3 Å². The van der Waals surface area contributed by atoms with Gasteiger partial charge in [-0.1, -0.05) is 61.9 Å². The lowest BCUT2D eigenvalue weighted by Gasteiger charge is -2.48. The molecule has 2 fully saturated rings. The van der Waals surface area contributed by atoms with Gasteiger partial charge in [-0.25, -0.2) is 12.7 Å². The fourth-order valence-corrected chi connectivity index (χ4v) is 7.86. The van der Waals surface area contributed by atoms with Gasteiger partial charge in [0.1, 0.15) is 0 Å². The fourth-order valence-electron chi connectivity index (χ4n) is 5.60. The summed E-state index contributed by atoms with van der Waals surface area (Å²) in [6, 6.07) is 15.7. The number of nitrogens with zero attached hydrogens (tertiary/aromatic N) is 1. The van der Waals surface area contributed by atoms with Crippen LogP contribution in [0.5, 0.6) is 0 Å². The zero-order chi connectivity index (χ0) is 21.9. The Bertz CT molecular complexity index is 1060. The van der Waals surface area contributed by atoms with Crippen molar-refractivity contribution < 1.29 is 13.2 Å². The minimum atomic E-state index is -3.99. The van der Waals surface area contributed by atoms with E-state index >= 15 is 0 Å². The number of carbonyl (C=O) groups excluding carboxylic acids is 1. The highest BCUT2D eigenvalue weighted by Gasteiger charge is 2.62. The quantitative estimate of drug-likeness (QED) is 0.616. The van der Waals surface area contributed by atoms with Gasteiger partial charge in [-0.05, 0) is 49.8 Å². The third-order valence-corrected chi connectivity index (χ3v) is 8.80. The van der Waals surface area contributed by atoms with E-state index in [9.17, 15) is 13.2 Å². The van der Waals surface area contributed by atoms with Crippen LogP contribution in [0.25, 0.3) is 0 Å². The Morgan fingerprint density at radius 1 is 1.00 bits per heavy atom. The van der Waals surface area contributed by atoms with E-state index in [1.54, 1.807) is 24.3 Å². The third-order valence-electron chi connectivity index (χ3n) is 6.58. The lowest BCUT2D eigenvalue weighted by atomic mass is 9.62. The van der Waals surface area contributed by atoms with Crippen molar-refractivity contribution in [1.29, 1.82) is 0 Å². The number of aryl methyl sites for hydroxylation is 1. The molecule has 1 saturated carbocycles. The first kappa shape index (κ1) is 21.4. The van der Waals surface area contributed by atoms with Crippen LogP contribution in [0.3, 0.4) is 0 Å². The van der Waals surface area contributed by atoms with Crippen molar-refractivity contribution in [2.75, 3.05) is 0 Å². The van der Waals surface area contributed by atoms with Gasteiger partial charge >= 0.3 is 0 Å². The Balaban J connectivity index is 1.88. The molecule has 0 unspecified atom stereocenters. The smallest absolute Gasteiger partial charge is 0.266 e. The number of fused-ring (bicyclic) bond motifs is 1. The number of hydrogen-bond acceptors (Lipinski definition) is 3. The van der Waals surface area contributed by atoms with Crippen LogP contribution in [0, 0.1) is 18.3 Å². The number of sulfonamides is 1. The topological polar surface area (TPSA) is 54.5 Å². The first-order valence-corrected chi connectivity index (χ1v) is 12.1. The van der Waals surface area contributed by atoms with Crippen LogP contribution in [0.2, 0.25) is 0 Å². The molecule has 0 spiro atoms. The third kappa shape index (κ3) is 3.46. The van der Waals surface area contributed by atoms with Crippen molar-refractivity contribution >= 4 is 27.5 Å². The van der Waals surface area contributed by atoms with Gasteiger partial charge in [0.15, 0.2) is 0 Å². The molecule has 30 heavy (non-hydrogen) atoms. The molecule has 0 N–H and O–H groups in total. The maximum absolute atomic E-state index is 13.7. The lowest BCUT2D eigenvalue weighted by molar-refractivity contribution is -0.125. The predicted molar refractivity (Wildman–Crippen MR) is 119 cm³/mol. The second-order valence-corrected chi connectivity index (χ2v) is 12.4. The minimum Gasteiger partial charge on any atom is -0.273 e. The molecule has 0 bridgehead atoms. The number of hydrogen-bond donors (Lipinski definition) is 0. The maximum atomic E-state index is 13.7. The molecule has 4 nitrogen and oxygen atoms in total. The summed E-state index contributed by atoms with van der Waals surface area (Å²) in [5.41, 5.74) is 1.62. The number of amides is 1. The van der Waals surface area contributed by atoms with Gasteiger partial charge in [-0.15, -0.1) is 11.6 Å². The molecule has 2 aromatic rings. The molecule has 1 amide bonds. The van der Waals surface area contributed by atoms with Crippen LogP contribution in [0.4, 0.5) is 0 Å². The van der Waals surface area contributed by atoms with Gasteiger partial charge in [0.25, 0.3) is 10.0 Å². The van der Waals surface area contributed by atoms with Crippen molar-refractivity contribution in [3.63, 3.8) is 0 Å². The Morgan fingerprint density at radius 2 is 1.60 bits per heavy atom. The zero-order valence-corrected chi connectivity index (χ0v) is 19.4. The first-order chi connectivity index (χ1) is 13.9. The van der Waals surface area contributed by atoms with Gasteiger partial charge in [0, 0.05) is 10.8 Å². The summed E-state index contributed by atoms with van der Waals surface area (Å²) in [4.78, 5) is 13.2. The van der Waals surface area contributed by atoms with Gasteiger partial charge in [-0.3, -0.25) is 4.79 Å². The summed E-state index contributed by atoms with van der Waals surface area (Å²) in [6.45, 7) is 8.06. The summed E-state index contributed by atoms with van der Waals surface area (Å²) in [5.74, 6) is -1.24. The van der Waals surface area contributed by atoms with Crippen LogP contribution in [0.15, 0.2) is 59.5 Å². The molecule has 1 saturated heterocycles. The van der Waals surface area contributed by atoms with Crippen molar-refractivity contribution in [1.82, 2.24) is 4.31 Å². The zero-order valence-electron chi connectivity index (χ0n) is 17.8. The summed E-state index contributed by atoms with van der Waals surface area (Å²) < 4.78 is 28.5. The maximum Gasteiger partial charge on any atom is 0.266 e. The number of alkyl halides is 1. The van der Waals surface area contributed by atoms with E-state index in [1.807, 2.05) is 44.2 Å². The molecular formula is C24H28ClNO3S. The number of halogens is 1. The molecule has 2 aliphatic rings. The van der Waals surface area contributed by atoms with E-state index < -0.39 is 26.9 Å². The number of rotatable bonds is 3. The highest BCUT2D eigenvalue weighted by Crippen LogP contribution is 2.58. The van der Waals surface area contributed by atoms with Crippen LogP contribution in [0.1, 0.15) is 50.7 Å². The Kier molecular flexibility index (Phi) is 5.06. The SMILES string of the molecule is Cc1ccc(S(=O)(=O)N2C(=O)[C@H](c3ccccc3)[C@@H]3[C@H]2CC(C)(C)C[C@@]3(C)Cl)cc1. The van der Waals surface area contributed by atoms with E-state index in [0.29, 0.717) is 6.42 Å². The Hall–Kier alpha value is -1.85. The molecule has 1 aliphatic carbocycles. The van der Waals surface area contributed by atoms with Crippen molar-refractivity contribution in [2.45, 2.75) is 62.3 Å². The molecule has 4 rings (SSSR count). The summed E-state index contributed by atoms with van der Waals surface area (Å²) in [6.07, 6.45) is 1.32. The van der Waals surface area contributed by atoms with E-state index in [2.05, 4.69) is 13.8 Å². The molecule has 160 valence electrons. The Morgan fingerprint density at radius 3 is 2.20 bits per heavy atom. The molecule has 6 heteroatoms. The monoisotopic (exact) mass is 445 g/mol. The highest BCUT2D eigenvalue weighted by molar-refractivity contribution is 7.89. The largest absolute Gasteiger partial charge is 0.273 e. The van der Waals surface area contributed by atoms with Crippen LogP contribution >= 0.6 is 11.6 Å². The summed E-state index contributed by atoms with van der Waals surface area (Å²) >= 11 is 7.08. The molecule has 4 atom stereocenters. The summed E-state index contributed by atoms with van der Waals surface area (Å²) in [7, 11) is -3.99. The number of benzene rings is 2. The van der Waals surface area contributed by atoms with Crippen LogP contribution in [-0.2, 0) is 14.8 Å². The van der Waals surface area contributed by atoms with Crippen LogP contribution < -0.4 is 0 Å². The second kappa shape index (κ2) is 7.10. The molecule has 2 aromatic carbocycles. The Labute approximate surface area is 184 Å². The van der Waals surface area contributed by atoms with Gasteiger partial charge < -0.3 is 0 Å². The highest BCUT2D eigenvalue weighted by atomic mass is 35.5. The van der Waals surface area contributed by atoms with Gasteiger partial charge in [0.2, 0.25) is 5.91 Å². The molecule has 0 radical (unpaired) electrons.